The topological polar surface area (TPSA) is 55.8 Å². The molecule has 1 atom stereocenters. The predicted octanol–water partition coefficient (Wildman–Crippen LogP) is 3.42. The van der Waals surface area contributed by atoms with Gasteiger partial charge in [0.1, 0.15) is 16.4 Å². The summed E-state index contributed by atoms with van der Waals surface area (Å²) >= 11 is 3.36. The normalized spacial score (nSPS) is 19.9. The molecule has 1 aromatic rings. The molecule has 0 spiro atoms. The summed E-state index contributed by atoms with van der Waals surface area (Å²) < 4.78 is 39.0. The van der Waals surface area contributed by atoms with Crippen LogP contribution in [0.4, 0.5) is 0 Å². The van der Waals surface area contributed by atoms with Crippen molar-refractivity contribution in [3.05, 3.63) is 16.6 Å². The van der Waals surface area contributed by atoms with Crippen LogP contribution in [0.1, 0.15) is 32.6 Å². The van der Waals surface area contributed by atoms with Gasteiger partial charge in [-0.3, -0.25) is 0 Å². The van der Waals surface area contributed by atoms with Gasteiger partial charge in [0.25, 0.3) is 0 Å². The van der Waals surface area contributed by atoms with Crippen LogP contribution < -0.4 is 9.47 Å². The van der Waals surface area contributed by atoms with E-state index in [1.54, 1.807) is 10.4 Å². The average Bonchev–Trinajstić information content (AvgIpc) is 2.54. The van der Waals surface area contributed by atoms with Crippen molar-refractivity contribution in [1.29, 1.82) is 0 Å². The number of nitrogens with zero attached hydrogens (tertiary/aromatic N) is 1. The summed E-state index contributed by atoms with van der Waals surface area (Å²) in [5.74, 6) is 0.803. The first kappa shape index (κ1) is 17.6. The van der Waals surface area contributed by atoms with E-state index in [4.69, 9.17) is 9.47 Å². The smallest absolute Gasteiger partial charge is 0.247 e. The molecule has 1 heterocycles. The Balaban J connectivity index is 2.52. The monoisotopic (exact) mass is 391 g/mol. The molecule has 0 radical (unpaired) electrons. The maximum Gasteiger partial charge on any atom is 0.247 e. The third-order valence-electron chi connectivity index (χ3n) is 4.07. The second-order valence-corrected chi connectivity index (χ2v) is 8.02. The first-order chi connectivity index (χ1) is 10.5. The largest absolute Gasteiger partial charge is 0.496 e. The van der Waals surface area contributed by atoms with Gasteiger partial charge in [-0.25, -0.2) is 8.42 Å². The molecule has 22 heavy (non-hydrogen) atoms. The number of rotatable bonds is 5. The van der Waals surface area contributed by atoms with Gasteiger partial charge >= 0.3 is 0 Å². The predicted molar refractivity (Wildman–Crippen MR) is 89.1 cm³/mol. The van der Waals surface area contributed by atoms with E-state index in [-0.39, 0.29) is 10.9 Å². The van der Waals surface area contributed by atoms with Gasteiger partial charge in [0.15, 0.2) is 0 Å². The lowest BCUT2D eigenvalue weighted by Crippen LogP contribution is -2.43. The highest BCUT2D eigenvalue weighted by Crippen LogP contribution is 2.38. The molecule has 1 aliphatic rings. The molecule has 0 aliphatic carbocycles. The second kappa shape index (κ2) is 7.19. The molecular formula is C15H22BrNO4S. The molecule has 0 N–H and O–H groups in total. The highest BCUT2D eigenvalue weighted by atomic mass is 79.9. The molecule has 0 saturated carbocycles. The van der Waals surface area contributed by atoms with Crippen LogP contribution in [0.2, 0.25) is 0 Å². The van der Waals surface area contributed by atoms with Gasteiger partial charge in [0.05, 0.1) is 18.7 Å². The van der Waals surface area contributed by atoms with Crippen molar-refractivity contribution < 1.29 is 17.9 Å². The van der Waals surface area contributed by atoms with Crippen molar-refractivity contribution in [2.75, 3.05) is 20.8 Å². The Labute approximate surface area is 140 Å². The van der Waals surface area contributed by atoms with Crippen molar-refractivity contribution in [3.8, 4) is 11.5 Å². The molecule has 1 fully saturated rings. The van der Waals surface area contributed by atoms with Gasteiger partial charge in [-0.1, -0.05) is 13.3 Å². The van der Waals surface area contributed by atoms with E-state index < -0.39 is 10.0 Å². The van der Waals surface area contributed by atoms with E-state index >= 15 is 0 Å². The van der Waals surface area contributed by atoms with Gasteiger partial charge in [-0.2, -0.15) is 4.31 Å². The van der Waals surface area contributed by atoms with Gasteiger partial charge in [-0.15, -0.1) is 0 Å². The quantitative estimate of drug-likeness (QED) is 0.771. The summed E-state index contributed by atoms with van der Waals surface area (Å²) in [6.45, 7) is 2.58. The summed E-state index contributed by atoms with van der Waals surface area (Å²) in [7, 11) is -0.622. The fraction of sp³-hybridized carbons (Fsp3) is 0.600. The molecule has 2 rings (SSSR count). The van der Waals surface area contributed by atoms with Gasteiger partial charge < -0.3 is 9.47 Å². The molecule has 5 nitrogen and oxygen atoms in total. The van der Waals surface area contributed by atoms with Crippen LogP contribution >= 0.6 is 15.9 Å². The number of hydrogen-bond acceptors (Lipinski definition) is 4. The number of hydrogen-bond donors (Lipinski definition) is 0. The molecule has 0 aromatic heterocycles. The zero-order valence-electron chi connectivity index (χ0n) is 13.1. The van der Waals surface area contributed by atoms with E-state index in [2.05, 4.69) is 15.9 Å². The van der Waals surface area contributed by atoms with Crippen LogP contribution in [0.15, 0.2) is 21.5 Å². The number of ether oxygens (including phenoxy) is 2. The number of methoxy groups -OCH3 is 2. The minimum Gasteiger partial charge on any atom is -0.496 e. The summed E-state index contributed by atoms with van der Waals surface area (Å²) in [4.78, 5) is 0.162. The Kier molecular flexibility index (Phi) is 5.74. The maximum absolute atomic E-state index is 13.1. The van der Waals surface area contributed by atoms with E-state index in [0.717, 1.165) is 25.7 Å². The maximum atomic E-state index is 13.1. The summed E-state index contributed by atoms with van der Waals surface area (Å²) in [6.07, 6.45) is 3.69. The van der Waals surface area contributed by atoms with Crippen molar-refractivity contribution in [2.24, 2.45) is 0 Å². The Morgan fingerprint density at radius 1 is 1.23 bits per heavy atom. The van der Waals surface area contributed by atoms with Crippen molar-refractivity contribution in [2.45, 2.75) is 43.5 Å². The average molecular weight is 392 g/mol. The fourth-order valence-electron chi connectivity index (χ4n) is 2.86. The van der Waals surface area contributed by atoms with E-state index in [0.29, 0.717) is 22.5 Å². The zero-order valence-corrected chi connectivity index (χ0v) is 15.5. The third-order valence-corrected chi connectivity index (χ3v) is 6.66. The Morgan fingerprint density at radius 3 is 2.50 bits per heavy atom. The second-order valence-electron chi connectivity index (χ2n) is 5.31. The molecule has 124 valence electrons. The molecule has 1 aliphatic heterocycles. The molecular weight excluding hydrogens is 370 g/mol. The zero-order chi connectivity index (χ0) is 16.3. The van der Waals surface area contributed by atoms with Crippen LogP contribution in [0.25, 0.3) is 0 Å². The minimum absolute atomic E-state index is 0.0538. The minimum atomic E-state index is -3.61. The number of sulfonamides is 1. The highest BCUT2D eigenvalue weighted by Gasteiger charge is 2.35. The number of piperidine rings is 1. The lowest BCUT2D eigenvalue weighted by Gasteiger charge is -2.34. The van der Waals surface area contributed by atoms with Gasteiger partial charge in [0, 0.05) is 18.7 Å². The Bertz CT molecular complexity index is 633. The number of benzene rings is 1. The third kappa shape index (κ3) is 3.26. The summed E-state index contributed by atoms with van der Waals surface area (Å²) in [6, 6.07) is 3.22. The highest BCUT2D eigenvalue weighted by molar-refractivity contribution is 9.10. The molecule has 1 saturated heterocycles. The van der Waals surface area contributed by atoms with Crippen LogP contribution in [-0.2, 0) is 10.0 Å². The van der Waals surface area contributed by atoms with E-state index in [1.807, 2.05) is 6.92 Å². The van der Waals surface area contributed by atoms with E-state index in [1.165, 1.54) is 20.3 Å². The number of halogens is 1. The first-order valence-corrected chi connectivity index (χ1v) is 9.62. The van der Waals surface area contributed by atoms with Gasteiger partial charge in [-0.05, 0) is 41.3 Å². The van der Waals surface area contributed by atoms with Crippen molar-refractivity contribution in [3.63, 3.8) is 0 Å². The lowest BCUT2D eigenvalue weighted by atomic mass is 10.0. The summed E-state index contributed by atoms with van der Waals surface area (Å²) in [5, 5.41) is 0. The van der Waals surface area contributed by atoms with Crippen LogP contribution in [-0.4, -0.2) is 39.5 Å². The van der Waals surface area contributed by atoms with E-state index in [9.17, 15) is 8.42 Å². The Hall–Kier alpha value is -0.790. The van der Waals surface area contributed by atoms with Crippen molar-refractivity contribution >= 4 is 26.0 Å². The molecule has 0 bridgehead atoms. The molecule has 1 aromatic carbocycles. The fourth-order valence-corrected chi connectivity index (χ4v) is 5.26. The Morgan fingerprint density at radius 2 is 1.91 bits per heavy atom. The van der Waals surface area contributed by atoms with Gasteiger partial charge in [0.2, 0.25) is 10.0 Å². The van der Waals surface area contributed by atoms with Crippen LogP contribution in [0.5, 0.6) is 11.5 Å². The SMILES string of the molecule is CC[C@@H]1CCCCN1S(=O)(=O)c1cc(OC)c(Br)cc1OC. The molecule has 0 unspecified atom stereocenters. The summed E-state index contributed by atoms with van der Waals surface area (Å²) in [5.41, 5.74) is 0. The van der Waals surface area contributed by atoms with Crippen LogP contribution in [0, 0.1) is 0 Å². The van der Waals surface area contributed by atoms with Crippen molar-refractivity contribution in [1.82, 2.24) is 4.31 Å². The first-order valence-electron chi connectivity index (χ1n) is 7.39. The van der Waals surface area contributed by atoms with Crippen LogP contribution in [0.3, 0.4) is 0 Å². The lowest BCUT2D eigenvalue weighted by molar-refractivity contribution is 0.245. The molecule has 7 heteroatoms. The molecule has 0 amide bonds. The standard InChI is InChI=1S/C15H22BrNO4S/c1-4-11-7-5-6-8-17(11)22(18,19)15-10-13(20-2)12(16)9-14(15)21-3/h9-11H,4-8H2,1-3H3/t11-/m1/s1.